The van der Waals surface area contributed by atoms with Gasteiger partial charge in [-0.2, -0.15) is 0 Å². The van der Waals surface area contributed by atoms with Gasteiger partial charge in [0, 0.05) is 11.4 Å². The molecule has 0 saturated carbocycles. The van der Waals surface area contributed by atoms with Crippen LogP contribution in [0.2, 0.25) is 0 Å². The number of sulfonamides is 1. The summed E-state index contributed by atoms with van der Waals surface area (Å²) in [5.74, 6) is 0.541. The molecule has 0 spiro atoms. The molecule has 1 amide bonds. The number of nitrogens with one attached hydrogen (secondary N) is 1. The maximum absolute atomic E-state index is 13.3. The Bertz CT molecular complexity index is 1110. The molecule has 0 saturated heterocycles. The van der Waals surface area contributed by atoms with Crippen LogP contribution in [-0.2, 0) is 14.8 Å². The lowest BCUT2D eigenvalue weighted by molar-refractivity contribution is -0.119. The minimum Gasteiger partial charge on any atom is -0.354 e. The third-order valence-electron chi connectivity index (χ3n) is 4.87. The number of anilines is 1. The molecule has 0 atom stereocenters. The van der Waals surface area contributed by atoms with Crippen molar-refractivity contribution in [3.05, 3.63) is 90.0 Å². The fourth-order valence-corrected chi connectivity index (χ4v) is 5.35. The summed E-state index contributed by atoms with van der Waals surface area (Å²) in [5, 5.41) is 2.85. The minimum atomic E-state index is -3.88. The molecule has 0 aliphatic heterocycles. The number of amides is 1. The molecular weight excluding hydrogens is 440 g/mol. The van der Waals surface area contributed by atoms with Crippen molar-refractivity contribution in [3.8, 4) is 0 Å². The Morgan fingerprint density at radius 2 is 1.47 bits per heavy atom. The van der Waals surface area contributed by atoms with Crippen molar-refractivity contribution in [1.29, 1.82) is 0 Å². The largest absolute Gasteiger partial charge is 0.354 e. The van der Waals surface area contributed by atoms with E-state index in [1.807, 2.05) is 44.2 Å². The summed E-state index contributed by atoms with van der Waals surface area (Å²) in [7, 11) is -3.88. The van der Waals surface area contributed by atoms with E-state index < -0.39 is 10.0 Å². The Kier molecular flexibility index (Phi) is 8.36. The van der Waals surface area contributed by atoms with Crippen molar-refractivity contribution in [2.24, 2.45) is 0 Å². The highest BCUT2D eigenvalue weighted by atomic mass is 32.2. The second-order valence-corrected chi connectivity index (χ2v) is 10.6. The number of nitrogens with zero attached hydrogens (tertiary/aromatic N) is 1. The van der Waals surface area contributed by atoms with Crippen LogP contribution in [0.15, 0.2) is 88.7 Å². The number of hydrogen-bond acceptors (Lipinski definition) is 4. The quantitative estimate of drug-likeness (QED) is 0.343. The zero-order chi connectivity index (χ0) is 23.0. The molecule has 5 nitrogen and oxygen atoms in total. The number of benzene rings is 3. The molecule has 0 aromatic heterocycles. The first-order chi connectivity index (χ1) is 15.4. The van der Waals surface area contributed by atoms with Crippen LogP contribution in [0.5, 0.6) is 0 Å². The Labute approximate surface area is 194 Å². The third-order valence-corrected chi connectivity index (χ3v) is 7.76. The first-order valence-electron chi connectivity index (χ1n) is 10.5. The van der Waals surface area contributed by atoms with E-state index in [-0.39, 0.29) is 17.3 Å². The second kappa shape index (κ2) is 11.2. The first-order valence-corrected chi connectivity index (χ1v) is 12.9. The fourth-order valence-electron chi connectivity index (χ4n) is 3.06. The second-order valence-electron chi connectivity index (χ2n) is 7.53. The monoisotopic (exact) mass is 468 g/mol. The molecule has 3 aromatic rings. The number of aryl methyl sites for hydroxylation is 2. The Hall–Kier alpha value is -2.77. The van der Waals surface area contributed by atoms with Crippen molar-refractivity contribution < 1.29 is 13.2 Å². The standard InChI is InChI=1S/C25H28N2O3S2/c1-20-9-13-22(14-10-20)27(32(29,30)24-15-11-21(2)12-16-24)19-25(28)26-17-6-18-31-23-7-4-3-5-8-23/h3-5,7-16H,6,17-19H2,1-2H3,(H,26,28). The molecule has 3 rings (SSSR count). The van der Waals surface area contributed by atoms with E-state index in [2.05, 4.69) is 17.4 Å². The SMILES string of the molecule is Cc1ccc(N(CC(=O)NCCCSc2ccccc2)S(=O)(=O)c2ccc(C)cc2)cc1. The molecule has 0 fully saturated rings. The molecule has 0 heterocycles. The molecule has 0 aliphatic carbocycles. The van der Waals surface area contributed by atoms with Crippen molar-refractivity contribution in [3.63, 3.8) is 0 Å². The summed E-state index contributed by atoms with van der Waals surface area (Å²) in [5.41, 5.74) is 2.45. The molecule has 0 bridgehead atoms. The normalized spacial score (nSPS) is 11.2. The van der Waals surface area contributed by atoms with E-state index in [9.17, 15) is 13.2 Å². The summed E-state index contributed by atoms with van der Waals surface area (Å²) < 4.78 is 27.9. The molecule has 32 heavy (non-hydrogen) atoms. The van der Waals surface area contributed by atoms with Crippen LogP contribution >= 0.6 is 11.8 Å². The van der Waals surface area contributed by atoms with Gasteiger partial charge in [-0.25, -0.2) is 8.42 Å². The Morgan fingerprint density at radius 1 is 0.875 bits per heavy atom. The van der Waals surface area contributed by atoms with Crippen molar-refractivity contribution in [2.45, 2.75) is 30.1 Å². The average Bonchev–Trinajstić information content (AvgIpc) is 2.79. The van der Waals surface area contributed by atoms with Crippen molar-refractivity contribution in [2.75, 3.05) is 23.1 Å². The number of carbonyl (C=O) groups is 1. The number of hydrogen-bond donors (Lipinski definition) is 1. The number of rotatable bonds is 10. The predicted molar refractivity (Wildman–Crippen MR) is 132 cm³/mol. The van der Waals surface area contributed by atoms with Gasteiger partial charge in [0.05, 0.1) is 10.6 Å². The smallest absolute Gasteiger partial charge is 0.264 e. The lowest BCUT2D eigenvalue weighted by Gasteiger charge is -2.24. The third kappa shape index (κ3) is 6.61. The minimum absolute atomic E-state index is 0.163. The highest BCUT2D eigenvalue weighted by molar-refractivity contribution is 7.99. The van der Waals surface area contributed by atoms with Gasteiger partial charge in [0.2, 0.25) is 5.91 Å². The van der Waals surface area contributed by atoms with E-state index in [4.69, 9.17) is 0 Å². The van der Waals surface area contributed by atoms with Crippen molar-refractivity contribution in [1.82, 2.24) is 5.32 Å². The Balaban J connectivity index is 1.65. The van der Waals surface area contributed by atoms with Crippen LogP contribution in [0, 0.1) is 13.8 Å². The summed E-state index contributed by atoms with van der Waals surface area (Å²) >= 11 is 1.73. The summed E-state index contributed by atoms with van der Waals surface area (Å²) in [6, 6.07) is 23.9. The van der Waals surface area contributed by atoms with Crippen LogP contribution < -0.4 is 9.62 Å². The first kappa shape index (κ1) is 23.9. The van der Waals surface area contributed by atoms with Crippen LogP contribution in [-0.4, -0.2) is 33.2 Å². The van der Waals surface area contributed by atoms with Crippen LogP contribution in [0.25, 0.3) is 0 Å². The zero-order valence-electron chi connectivity index (χ0n) is 18.3. The van der Waals surface area contributed by atoms with Crippen molar-refractivity contribution >= 4 is 33.4 Å². The van der Waals surface area contributed by atoms with E-state index in [0.29, 0.717) is 12.2 Å². The van der Waals surface area contributed by atoms with E-state index in [0.717, 1.165) is 23.3 Å². The van der Waals surface area contributed by atoms with Gasteiger partial charge in [0.25, 0.3) is 10.0 Å². The van der Waals surface area contributed by atoms with Crippen LogP contribution in [0.3, 0.4) is 0 Å². The van der Waals surface area contributed by atoms with E-state index in [1.165, 1.54) is 9.20 Å². The molecule has 7 heteroatoms. The lowest BCUT2D eigenvalue weighted by atomic mass is 10.2. The maximum atomic E-state index is 13.3. The van der Waals surface area contributed by atoms with Gasteiger partial charge < -0.3 is 5.32 Å². The molecule has 0 aliphatic rings. The van der Waals surface area contributed by atoms with Gasteiger partial charge >= 0.3 is 0 Å². The summed E-state index contributed by atoms with van der Waals surface area (Å²) in [4.78, 5) is 14.0. The number of thioether (sulfide) groups is 1. The summed E-state index contributed by atoms with van der Waals surface area (Å²) in [6.07, 6.45) is 0.792. The highest BCUT2D eigenvalue weighted by Gasteiger charge is 2.27. The molecule has 1 N–H and O–H groups in total. The summed E-state index contributed by atoms with van der Waals surface area (Å²) in [6.45, 7) is 4.05. The van der Waals surface area contributed by atoms with Gasteiger partial charge in [-0.05, 0) is 62.4 Å². The van der Waals surface area contributed by atoms with E-state index >= 15 is 0 Å². The van der Waals surface area contributed by atoms with E-state index in [1.54, 1.807) is 48.2 Å². The number of carbonyl (C=O) groups excluding carboxylic acids is 1. The van der Waals surface area contributed by atoms with Gasteiger partial charge in [-0.15, -0.1) is 11.8 Å². The molecule has 0 radical (unpaired) electrons. The predicted octanol–water partition coefficient (Wildman–Crippen LogP) is 4.80. The highest BCUT2D eigenvalue weighted by Crippen LogP contribution is 2.24. The van der Waals surface area contributed by atoms with Crippen LogP contribution in [0.1, 0.15) is 17.5 Å². The zero-order valence-corrected chi connectivity index (χ0v) is 20.0. The molecule has 168 valence electrons. The van der Waals surface area contributed by atoms with Gasteiger partial charge in [-0.1, -0.05) is 53.6 Å². The molecular formula is C25H28N2O3S2. The van der Waals surface area contributed by atoms with Gasteiger partial charge in [-0.3, -0.25) is 9.10 Å². The fraction of sp³-hybridized carbons (Fsp3) is 0.240. The molecule has 3 aromatic carbocycles. The maximum Gasteiger partial charge on any atom is 0.264 e. The lowest BCUT2D eigenvalue weighted by Crippen LogP contribution is -2.41. The van der Waals surface area contributed by atoms with Crippen LogP contribution in [0.4, 0.5) is 5.69 Å². The topological polar surface area (TPSA) is 66.5 Å². The van der Waals surface area contributed by atoms with Gasteiger partial charge in [0.15, 0.2) is 0 Å². The Morgan fingerprint density at radius 3 is 2.09 bits per heavy atom. The average molecular weight is 469 g/mol. The molecule has 0 unspecified atom stereocenters. The van der Waals surface area contributed by atoms with Gasteiger partial charge in [0.1, 0.15) is 6.54 Å².